The standard InChI is InChI=1S/C17H14N6O2S/c18-15-14-16(23(8-20-14)11-3-4-26-7-11)22-17(21-15)19-6-10-1-2-12-13(5-10)25-9-24-12/h1-5,7-8H,6,9H2,(H3,18,19,21,22). The van der Waals surface area contributed by atoms with Crippen LogP contribution in [0.3, 0.4) is 0 Å². The molecule has 0 amide bonds. The Morgan fingerprint density at radius 3 is 3.00 bits per heavy atom. The fraction of sp³-hybridized carbons (Fsp3) is 0.118. The van der Waals surface area contributed by atoms with E-state index in [1.807, 2.05) is 39.6 Å². The minimum absolute atomic E-state index is 0.259. The molecule has 8 nitrogen and oxygen atoms in total. The Balaban J connectivity index is 1.45. The maximum Gasteiger partial charge on any atom is 0.231 e. The van der Waals surface area contributed by atoms with Gasteiger partial charge < -0.3 is 20.5 Å². The molecule has 3 N–H and O–H groups in total. The van der Waals surface area contributed by atoms with Gasteiger partial charge in [0, 0.05) is 11.9 Å². The van der Waals surface area contributed by atoms with E-state index in [1.165, 1.54) is 0 Å². The van der Waals surface area contributed by atoms with E-state index in [9.17, 15) is 0 Å². The molecule has 0 saturated carbocycles. The van der Waals surface area contributed by atoms with Crippen LogP contribution in [0.2, 0.25) is 0 Å². The van der Waals surface area contributed by atoms with Crippen LogP contribution < -0.4 is 20.5 Å². The number of aromatic nitrogens is 4. The van der Waals surface area contributed by atoms with Gasteiger partial charge in [-0.25, -0.2) is 4.98 Å². The third kappa shape index (κ3) is 2.49. The molecule has 1 aliphatic heterocycles. The Morgan fingerprint density at radius 1 is 1.19 bits per heavy atom. The first kappa shape index (κ1) is 15.0. The molecule has 1 aliphatic rings. The van der Waals surface area contributed by atoms with Gasteiger partial charge >= 0.3 is 0 Å². The van der Waals surface area contributed by atoms with Crippen molar-refractivity contribution in [3.8, 4) is 17.2 Å². The predicted molar refractivity (Wildman–Crippen MR) is 98.8 cm³/mol. The van der Waals surface area contributed by atoms with Gasteiger partial charge in [0.25, 0.3) is 0 Å². The van der Waals surface area contributed by atoms with Crippen molar-refractivity contribution >= 4 is 34.3 Å². The van der Waals surface area contributed by atoms with Gasteiger partial charge in [-0.3, -0.25) is 4.57 Å². The Labute approximate surface area is 152 Å². The summed E-state index contributed by atoms with van der Waals surface area (Å²) in [6.07, 6.45) is 1.71. The molecule has 9 heteroatoms. The molecule has 0 atom stereocenters. The summed E-state index contributed by atoms with van der Waals surface area (Å²) in [5, 5.41) is 7.24. The number of fused-ring (bicyclic) bond motifs is 2. The largest absolute Gasteiger partial charge is 0.454 e. The van der Waals surface area contributed by atoms with Crippen molar-refractivity contribution in [1.29, 1.82) is 0 Å². The summed E-state index contributed by atoms with van der Waals surface area (Å²) in [6.45, 7) is 0.795. The maximum absolute atomic E-state index is 6.07. The monoisotopic (exact) mass is 366 g/mol. The molecule has 5 rings (SSSR count). The topological polar surface area (TPSA) is 100 Å². The van der Waals surface area contributed by atoms with E-state index in [-0.39, 0.29) is 6.79 Å². The summed E-state index contributed by atoms with van der Waals surface area (Å²) in [5.41, 5.74) is 9.35. The molecule has 0 saturated heterocycles. The number of nitrogens with two attached hydrogens (primary N) is 1. The van der Waals surface area contributed by atoms with Crippen molar-refractivity contribution < 1.29 is 9.47 Å². The molecule has 0 aliphatic carbocycles. The van der Waals surface area contributed by atoms with Crippen molar-refractivity contribution in [1.82, 2.24) is 19.5 Å². The molecule has 26 heavy (non-hydrogen) atoms. The van der Waals surface area contributed by atoms with Crippen molar-refractivity contribution in [2.24, 2.45) is 0 Å². The number of hydrogen-bond donors (Lipinski definition) is 2. The number of nitrogen functional groups attached to an aromatic ring is 1. The molecular weight excluding hydrogens is 352 g/mol. The lowest BCUT2D eigenvalue weighted by molar-refractivity contribution is 0.174. The van der Waals surface area contributed by atoms with E-state index in [2.05, 4.69) is 20.3 Å². The van der Waals surface area contributed by atoms with Crippen LogP contribution in [0.5, 0.6) is 11.5 Å². The van der Waals surface area contributed by atoms with Crippen LogP contribution in [0.25, 0.3) is 16.9 Å². The molecule has 0 radical (unpaired) electrons. The van der Waals surface area contributed by atoms with Crippen molar-refractivity contribution in [2.75, 3.05) is 17.8 Å². The normalized spacial score (nSPS) is 12.6. The maximum atomic E-state index is 6.07. The first-order valence-corrected chi connectivity index (χ1v) is 8.88. The van der Waals surface area contributed by atoms with E-state index in [0.29, 0.717) is 29.5 Å². The van der Waals surface area contributed by atoms with E-state index >= 15 is 0 Å². The number of anilines is 2. The van der Waals surface area contributed by atoms with Crippen LogP contribution in [-0.2, 0) is 6.54 Å². The molecule has 4 heterocycles. The van der Waals surface area contributed by atoms with Gasteiger partial charge in [0.05, 0.1) is 5.69 Å². The van der Waals surface area contributed by atoms with E-state index in [0.717, 1.165) is 22.7 Å². The summed E-state index contributed by atoms with van der Waals surface area (Å²) in [5.74, 6) is 2.30. The molecule has 1 aromatic carbocycles. The van der Waals surface area contributed by atoms with Crippen LogP contribution >= 0.6 is 11.3 Å². The summed E-state index contributed by atoms with van der Waals surface area (Å²) in [4.78, 5) is 13.2. The highest BCUT2D eigenvalue weighted by Gasteiger charge is 2.15. The number of nitrogens with zero attached hydrogens (tertiary/aromatic N) is 4. The highest BCUT2D eigenvalue weighted by molar-refractivity contribution is 7.08. The van der Waals surface area contributed by atoms with Crippen LogP contribution in [0.15, 0.2) is 41.4 Å². The van der Waals surface area contributed by atoms with E-state index in [1.54, 1.807) is 17.7 Å². The van der Waals surface area contributed by atoms with E-state index < -0.39 is 0 Å². The zero-order chi connectivity index (χ0) is 17.5. The lowest BCUT2D eigenvalue weighted by Gasteiger charge is -2.08. The average molecular weight is 366 g/mol. The Kier molecular flexibility index (Phi) is 3.39. The second kappa shape index (κ2) is 5.88. The van der Waals surface area contributed by atoms with Gasteiger partial charge in [-0.15, -0.1) is 0 Å². The fourth-order valence-corrected chi connectivity index (χ4v) is 3.44. The number of thiophene rings is 1. The summed E-state index contributed by atoms with van der Waals surface area (Å²) in [6, 6.07) is 7.80. The van der Waals surface area contributed by atoms with Crippen LogP contribution in [0, 0.1) is 0 Å². The second-order valence-electron chi connectivity index (χ2n) is 5.74. The Morgan fingerprint density at radius 2 is 2.12 bits per heavy atom. The van der Waals surface area contributed by atoms with Crippen LogP contribution in [0.1, 0.15) is 5.56 Å². The van der Waals surface area contributed by atoms with Crippen molar-refractivity contribution in [3.63, 3.8) is 0 Å². The molecule has 3 aromatic heterocycles. The molecular formula is C17H14N6O2S. The Hall–Kier alpha value is -3.33. The first-order valence-electron chi connectivity index (χ1n) is 7.93. The van der Waals surface area contributed by atoms with Crippen LogP contribution in [0.4, 0.5) is 11.8 Å². The van der Waals surface area contributed by atoms with Crippen LogP contribution in [-0.4, -0.2) is 26.3 Å². The van der Waals surface area contributed by atoms with Gasteiger partial charge in [-0.2, -0.15) is 21.3 Å². The smallest absolute Gasteiger partial charge is 0.231 e. The summed E-state index contributed by atoms with van der Waals surface area (Å²) >= 11 is 1.61. The molecule has 130 valence electrons. The zero-order valence-corrected chi connectivity index (χ0v) is 14.4. The zero-order valence-electron chi connectivity index (χ0n) is 13.5. The van der Waals surface area contributed by atoms with Gasteiger partial charge in [0.1, 0.15) is 6.33 Å². The van der Waals surface area contributed by atoms with Gasteiger partial charge in [0.2, 0.25) is 12.7 Å². The quantitative estimate of drug-likeness (QED) is 0.573. The molecule has 0 unspecified atom stereocenters. The number of rotatable bonds is 4. The third-order valence-electron chi connectivity index (χ3n) is 4.10. The molecule has 4 aromatic rings. The number of imidazole rings is 1. The minimum atomic E-state index is 0.259. The van der Waals surface area contributed by atoms with E-state index in [4.69, 9.17) is 15.2 Å². The fourth-order valence-electron chi connectivity index (χ4n) is 2.82. The average Bonchev–Trinajstić information content (AvgIpc) is 3.38. The van der Waals surface area contributed by atoms with Gasteiger partial charge in [-0.05, 0) is 29.1 Å². The SMILES string of the molecule is Nc1nc(NCc2ccc3c(c2)OCO3)nc2c1ncn2-c1ccsc1. The third-order valence-corrected chi connectivity index (χ3v) is 4.77. The summed E-state index contributed by atoms with van der Waals surface area (Å²) in [7, 11) is 0. The first-order chi connectivity index (χ1) is 12.8. The Bertz CT molecular complexity index is 1090. The highest BCUT2D eigenvalue weighted by atomic mass is 32.1. The minimum Gasteiger partial charge on any atom is -0.454 e. The number of ether oxygens (including phenoxy) is 2. The second-order valence-corrected chi connectivity index (χ2v) is 6.52. The lowest BCUT2D eigenvalue weighted by atomic mass is 10.2. The molecule has 0 fully saturated rings. The number of hydrogen-bond acceptors (Lipinski definition) is 8. The highest BCUT2D eigenvalue weighted by Crippen LogP contribution is 2.32. The lowest BCUT2D eigenvalue weighted by Crippen LogP contribution is -2.07. The summed E-state index contributed by atoms with van der Waals surface area (Å²) < 4.78 is 12.6. The predicted octanol–water partition coefficient (Wildman–Crippen LogP) is 2.80. The number of nitrogens with one attached hydrogen (secondary N) is 1. The van der Waals surface area contributed by atoms with Gasteiger partial charge in [0.15, 0.2) is 28.5 Å². The van der Waals surface area contributed by atoms with Crippen molar-refractivity contribution in [3.05, 3.63) is 46.9 Å². The molecule has 0 bridgehead atoms. The molecule has 0 spiro atoms. The number of benzene rings is 1. The van der Waals surface area contributed by atoms with Gasteiger partial charge in [-0.1, -0.05) is 6.07 Å². The van der Waals surface area contributed by atoms with Crippen molar-refractivity contribution in [2.45, 2.75) is 6.54 Å².